The standard InChI is InChI=1S/C15H19ClN2O3/c1-9-6-11(14(19)20)8-18(7-9)15(21)17-13-10(2)4-3-5-12(13)16/h3-5,9,11H,6-8H2,1-2H3,(H,17,21)(H,19,20). The number of amides is 2. The number of hydrogen-bond acceptors (Lipinski definition) is 2. The van der Waals surface area contributed by atoms with E-state index in [4.69, 9.17) is 16.7 Å². The normalized spacial score (nSPS) is 22.0. The third-order valence-electron chi connectivity index (χ3n) is 3.75. The average Bonchev–Trinajstić information content (AvgIpc) is 2.42. The number of urea groups is 1. The highest BCUT2D eigenvalue weighted by atomic mass is 35.5. The SMILES string of the molecule is Cc1cccc(Cl)c1NC(=O)N1CC(C)CC(C(=O)O)C1. The third kappa shape index (κ3) is 3.67. The fraction of sp³-hybridized carbons (Fsp3) is 0.467. The summed E-state index contributed by atoms with van der Waals surface area (Å²) in [5.74, 6) is -1.20. The fourth-order valence-electron chi connectivity index (χ4n) is 2.67. The molecular formula is C15H19ClN2O3. The molecule has 114 valence electrons. The molecule has 1 aromatic rings. The maximum absolute atomic E-state index is 12.3. The van der Waals surface area contributed by atoms with Gasteiger partial charge in [-0.3, -0.25) is 4.79 Å². The van der Waals surface area contributed by atoms with Gasteiger partial charge in [-0.1, -0.05) is 30.7 Å². The van der Waals surface area contributed by atoms with Crippen LogP contribution < -0.4 is 5.32 Å². The molecule has 21 heavy (non-hydrogen) atoms. The number of hydrogen-bond donors (Lipinski definition) is 2. The van der Waals surface area contributed by atoms with Crippen molar-refractivity contribution in [3.8, 4) is 0 Å². The highest BCUT2D eigenvalue weighted by Crippen LogP contribution is 2.27. The molecule has 0 radical (unpaired) electrons. The van der Waals surface area contributed by atoms with Crippen LogP contribution in [0.3, 0.4) is 0 Å². The molecule has 1 aliphatic rings. The number of piperidine rings is 1. The molecule has 2 rings (SSSR count). The van der Waals surface area contributed by atoms with Crippen molar-refractivity contribution in [3.05, 3.63) is 28.8 Å². The van der Waals surface area contributed by atoms with Gasteiger partial charge in [0.15, 0.2) is 0 Å². The molecular weight excluding hydrogens is 292 g/mol. The lowest BCUT2D eigenvalue weighted by Gasteiger charge is -2.34. The molecule has 0 saturated carbocycles. The van der Waals surface area contributed by atoms with Crippen LogP contribution in [0.25, 0.3) is 0 Å². The van der Waals surface area contributed by atoms with Crippen molar-refractivity contribution in [2.75, 3.05) is 18.4 Å². The van der Waals surface area contributed by atoms with Gasteiger partial charge in [0.1, 0.15) is 0 Å². The molecule has 0 aliphatic carbocycles. The Kier molecular flexibility index (Phi) is 4.73. The third-order valence-corrected chi connectivity index (χ3v) is 4.07. The number of benzene rings is 1. The minimum absolute atomic E-state index is 0.165. The minimum Gasteiger partial charge on any atom is -0.481 e. The van der Waals surface area contributed by atoms with Crippen LogP contribution in [-0.4, -0.2) is 35.1 Å². The predicted molar refractivity (Wildman–Crippen MR) is 81.7 cm³/mol. The minimum atomic E-state index is -0.853. The number of para-hydroxylation sites is 1. The van der Waals surface area contributed by atoms with E-state index >= 15 is 0 Å². The maximum atomic E-state index is 12.3. The second-order valence-electron chi connectivity index (χ2n) is 5.64. The zero-order valence-electron chi connectivity index (χ0n) is 12.1. The summed E-state index contributed by atoms with van der Waals surface area (Å²) in [6.45, 7) is 4.60. The van der Waals surface area contributed by atoms with Gasteiger partial charge in [-0.2, -0.15) is 0 Å². The summed E-state index contributed by atoms with van der Waals surface area (Å²) in [5.41, 5.74) is 1.45. The number of anilines is 1. The number of aliphatic carboxylic acids is 1. The van der Waals surface area contributed by atoms with Crippen LogP contribution in [0.4, 0.5) is 10.5 Å². The maximum Gasteiger partial charge on any atom is 0.321 e. The number of carbonyl (C=O) groups is 2. The van der Waals surface area contributed by atoms with Crippen molar-refractivity contribution in [3.63, 3.8) is 0 Å². The fourth-order valence-corrected chi connectivity index (χ4v) is 2.94. The Balaban J connectivity index is 2.11. The van der Waals surface area contributed by atoms with Gasteiger partial charge >= 0.3 is 12.0 Å². The summed E-state index contributed by atoms with van der Waals surface area (Å²) >= 11 is 6.09. The Labute approximate surface area is 128 Å². The molecule has 0 aromatic heterocycles. The quantitative estimate of drug-likeness (QED) is 0.881. The summed E-state index contributed by atoms with van der Waals surface area (Å²) in [4.78, 5) is 25.1. The van der Waals surface area contributed by atoms with E-state index in [0.29, 0.717) is 23.7 Å². The van der Waals surface area contributed by atoms with Crippen molar-refractivity contribution in [2.24, 2.45) is 11.8 Å². The first-order chi connectivity index (χ1) is 9.88. The number of nitrogens with zero attached hydrogens (tertiary/aromatic N) is 1. The lowest BCUT2D eigenvalue weighted by Crippen LogP contribution is -2.47. The average molecular weight is 311 g/mol. The van der Waals surface area contributed by atoms with Gasteiger partial charge in [-0.25, -0.2) is 4.79 Å². The summed E-state index contributed by atoms with van der Waals surface area (Å²) in [6, 6.07) is 5.09. The van der Waals surface area contributed by atoms with Gasteiger partial charge < -0.3 is 15.3 Å². The predicted octanol–water partition coefficient (Wildman–Crippen LogP) is 3.22. The van der Waals surface area contributed by atoms with Crippen molar-refractivity contribution in [2.45, 2.75) is 20.3 Å². The van der Waals surface area contributed by atoms with Crippen LogP contribution in [-0.2, 0) is 4.79 Å². The van der Waals surface area contributed by atoms with E-state index < -0.39 is 11.9 Å². The van der Waals surface area contributed by atoms with E-state index in [2.05, 4.69) is 5.32 Å². The number of halogens is 1. The summed E-state index contributed by atoms with van der Waals surface area (Å²) in [7, 11) is 0. The van der Waals surface area contributed by atoms with Crippen LogP contribution in [0.15, 0.2) is 18.2 Å². The summed E-state index contributed by atoms with van der Waals surface area (Å²) in [6.07, 6.45) is 0.601. The zero-order chi connectivity index (χ0) is 15.6. The monoisotopic (exact) mass is 310 g/mol. The van der Waals surface area contributed by atoms with Crippen molar-refractivity contribution >= 4 is 29.3 Å². The largest absolute Gasteiger partial charge is 0.481 e. The molecule has 5 nitrogen and oxygen atoms in total. The zero-order valence-corrected chi connectivity index (χ0v) is 12.9. The van der Waals surface area contributed by atoms with Crippen LogP contribution in [0.2, 0.25) is 5.02 Å². The van der Waals surface area contributed by atoms with Crippen molar-refractivity contribution in [1.82, 2.24) is 4.90 Å². The Bertz CT molecular complexity index is 542. The highest BCUT2D eigenvalue weighted by Gasteiger charge is 2.32. The first-order valence-electron chi connectivity index (χ1n) is 6.92. The number of carbonyl (C=O) groups excluding carboxylic acids is 1. The van der Waals surface area contributed by atoms with E-state index in [0.717, 1.165) is 5.56 Å². The topological polar surface area (TPSA) is 69.6 Å². The number of aryl methyl sites for hydroxylation is 1. The Morgan fingerprint density at radius 2 is 2.10 bits per heavy atom. The van der Waals surface area contributed by atoms with Crippen molar-refractivity contribution in [1.29, 1.82) is 0 Å². The smallest absolute Gasteiger partial charge is 0.321 e. The van der Waals surface area contributed by atoms with Gasteiger partial charge in [0.25, 0.3) is 0 Å². The van der Waals surface area contributed by atoms with Crippen LogP contribution in [0, 0.1) is 18.8 Å². The van der Waals surface area contributed by atoms with E-state index in [1.807, 2.05) is 26.0 Å². The van der Waals surface area contributed by atoms with Gasteiger partial charge in [0.2, 0.25) is 0 Å². The molecule has 1 fully saturated rings. The molecule has 2 unspecified atom stereocenters. The first-order valence-corrected chi connectivity index (χ1v) is 7.30. The lowest BCUT2D eigenvalue weighted by atomic mass is 9.91. The number of carboxylic acids is 1. The van der Waals surface area contributed by atoms with E-state index in [1.54, 1.807) is 11.0 Å². The van der Waals surface area contributed by atoms with E-state index in [1.165, 1.54) is 0 Å². The molecule has 1 saturated heterocycles. The van der Waals surface area contributed by atoms with Crippen LogP contribution in [0.1, 0.15) is 18.9 Å². The number of carboxylic acid groups (broad SMARTS) is 1. The second-order valence-corrected chi connectivity index (χ2v) is 6.05. The molecule has 6 heteroatoms. The Morgan fingerprint density at radius 1 is 1.38 bits per heavy atom. The summed E-state index contributed by atoms with van der Waals surface area (Å²) in [5, 5.41) is 12.4. The number of likely N-dealkylation sites (tertiary alicyclic amines) is 1. The van der Waals surface area contributed by atoms with Gasteiger partial charge in [0.05, 0.1) is 16.6 Å². The van der Waals surface area contributed by atoms with E-state index in [-0.39, 0.29) is 18.5 Å². The molecule has 2 N–H and O–H groups in total. The number of rotatable bonds is 2. The molecule has 2 amide bonds. The van der Waals surface area contributed by atoms with Crippen LogP contribution >= 0.6 is 11.6 Å². The summed E-state index contributed by atoms with van der Waals surface area (Å²) < 4.78 is 0. The van der Waals surface area contributed by atoms with Crippen molar-refractivity contribution < 1.29 is 14.7 Å². The molecule has 1 aliphatic heterocycles. The second kappa shape index (κ2) is 6.35. The first kappa shape index (κ1) is 15.6. The van der Waals surface area contributed by atoms with Gasteiger partial charge in [-0.15, -0.1) is 0 Å². The lowest BCUT2D eigenvalue weighted by molar-refractivity contribution is -0.143. The Morgan fingerprint density at radius 3 is 2.71 bits per heavy atom. The molecule has 2 atom stereocenters. The van der Waals surface area contributed by atoms with Gasteiger partial charge in [0, 0.05) is 13.1 Å². The number of nitrogens with one attached hydrogen (secondary N) is 1. The Hall–Kier alpha value is -1.75. The molecule has 1 aromatic carbocycles. The highest BCUT2D eigenvalue weighted by molar-refractivity contribution is 6.33. The molecule has 1 heterocycles. The molecule has 0 bridgehead atoms. The van der Waals surface area contributed by atoms with E-state index in [9.17, 15) is 9.59 Å². The van der Waals surface area contributed by atoms with Crippen LogP contribution in [0.5, 0.6) is 0 Å². The van der Waals surface area contributed by atoms with Gasteiger partial charge in [-0.05, 0) is 30.9 Å². The molecule has 0 spiro atoms.